The summed E-state index contributed by atoms with van der Waals surface area (Å²) in [5.41, 5.74) is 1.18. The van der Waals surface area contributed by atoms with Crippen LogP contribution < -0.4 is 20.3 Å². The largest absolute Gasteiger partial charge is 0.495 e. The predicted octanol–water partition coefficient (Wildman–Crippen LogP) is 3.66. The van der Waals surface area contributed by atoms with Gasteiger partial charge in [-0.15, -0.1) is 0 Å². The summed E-state index contributed by atoms with van der Waals surface area (Å²) in [6.07, 6.45) is 3.05. The van der Waals surface area contributed by atoms with E-state index in [1.54, 1.807) is 48.5 Å². The second-order valence-electron chi connectivity index (χ2n) is 6.48. The third-order valence-corrected chi connectivity index (χ3v) is 4.72. The Balaban J connectivity index is 1.85. The van der Waals surface area contributed by atoms with E-state index >= 15 is 0 Å². The molecule has 7 nitrogen and oxygen atoms in total. The van der Waals surface area contributed by atoms with Gasteiger partial charge in [0.25, 0.3) is 11.5 Å². The number of nitrogens with zero attached hydrogens (tertiary/aromatic N) is 2. The van der Waals surface area contributed by atoms with E-state index in [4.69, 9.17) is 9.47 Å². The maximum atomic E-state index is 13.2. The summed E-state index contributed by atoms with van der Waals surface area (Å²) in [6, 6.07) is 17.5. The highest BCUT2D eigenvalue weighted by Gasteiger charge is 2.17. The van der Waals surface area contributed by atoms with Gasteiger partial charge in [-0.05, 0) is 24.3 Å². The number of amides is 1. The minimum Gasteiger partial charge on any atom is -0.495 e. The number of fused-ring (bicyclic) bond motifs is 1. The van der Waals surface area contributed by atoms with Crippen LogP contribution >= 0.6 is 0 Å². The van der Waals surface area contributed by atoms with Crippen LogP contribution in [0.1, 0.15) is 10.4 Å². The fraction of sp³-hybridized carbons (Fsp3) is 0.0870. The molecule has 0 aliphatic carbocycles. The Labute approximate surface area is 172 Å². The van der Waals surface area contributed by atoms with E-state index in [9.17, 15) is 9.59 Å². The van der Waals surface area contributed by atoms with Gasteiger partial charge in [0.15, 0.2) is 0 Å². The van der Waals surface area contributed by atoms with Gasteiger partial charge in [0.05, 0.1) is 37.4 Å². The molecule has 150 valence electrons. The first-order valence-electron chi connectivity index (χ1n) is 9.21. The van der Waals surface area contributed by atoms with Gasteiger partial charge in [0, 0.05) is 23.0 Å². The Hall–Kier alpha value is -4.13. The van der Waals surface area contributed by atoms with Crippen molar-refractivity contribution in [1.82, 2.24) is 9.55 Å². The van der Waals surface area contributed by atoms with Gasteiger partial charge in [-0.3, -0.25) is 14.2 Å². The number of carbonyl (C=O) groups is 1. The van der Waals surface area contributed by atoms with Crippen molar-refractivity contribution in [2.45, 2.75) is 0 Å². The molecule has 4 aromatic rings. The molecular formula is C23H19N3O4. The summed E-state index contributed by atoms with van der Waals surface area (Å²) in [4.78, 5) is 30.4. The molecule has 2 aromatic carbocycles. The monoisotopic (exact) mass is 401 g/mol. The molecule has 0 saturated carbocycles. The van der Waals surface area contributed by atoms with Gasteiger partial charge in [0.2, 0.25) is 5.88 Å². The second-order valence-corrected chi connectivity index (χ2v) is 6.48. The molecule has 1 N–H and O–H groups in total. The number of ether oxygens (including phenoxy) is 2. The zero-order chi connectivity index (χ0) is 21.1. The van der Waals surface area contributed by atoms with Crippen molar-refractivity contribution in [3.05, 3.63) is 89.0 Å². The van der Waals surface area contributed by atoms with E-state index in [2.05, 4.69) is 10.3 Å². The zero-order valence-electron chi connectivity index (χ0n) is 16.5. The van der Waals surface area contributed by atoms with Gasteiger partial charge < -0.3 is 14.8 Å². The average molecular weight is 401 g/mol. The van der Waals surface area contributed by atoms with Crippen LogP contribution in [0, 0.1) is 0 Å². The Kier molecular flexibility index (Phi) is 5.17. The number of methoxy groups -OCH3 is 2. The van der Waals surface area contributed by atoms with Gasteiger partial charge in [-0.1, -0.05) is 30.3 Å². The van der Waals surface area contributed by atoms with Crippen LogP contribution in [0.3, 0.4) is 0 Å². The second kappa shape index (κ2) is 8.08. The molecule has 0 radical (unpaired) electrons. The van der Waals surface area contributed by atoms with Crippen molar-refractivity contribution in [2.75, 3.05) is 19.5 Å². The summed E-state index contributed by atoms with van der Waals surface area (Å²) in [6.45, 7) is 0. The van der Waals surface area contributed by atoms with E-state index in [0.29, 0.717) is 39.3 Å². The summed E-state index contributed by atoms with van der Waals surface area (Å²) >= 11 is 0. The van der Waals surface area contributed by atoms with Gasteiger partial charge in [0.1, 0.15) is 5.75 Å². The van der Waals surface area contributed by atoms with Crippen molar-refractivity contribution >= 4 is 22.4 Å². The number of benzene rings is 2. The lowest BCUT2D eigenvalue weighted by atomic mass is 10.1. The highest BCUT2D eigenvalue weighted by atomic mass is 16.5. The molecule has 0 aliphatic rings. The molecular weight excluding hydrogens is 382 g/mol. The van der Waals surface area contributed by atoms with E-state index in [0.717, 1.165) is 0 Å². The Morgan fingerprint density at radius 2 is 1.67 bits per heavy atom. The smallest absolute Gasteiger partial charge is 0.263 e. The molecule has 4 rings (SSSR count). The molecule has 0 spiro atoms. The molecule has 0 fully saturated rings. The minimum absolute atomic E-state index is 0.238. The van der Waals surface area contributed by atoms with Crippen molar-refractivity contribution < 1.29 is 14.3 Å². The SMILES string of the molecule is COc1ccc(NC(=O)c2cn(-c3ccccc3OC)c(=O)c3ccccc23)cn1. The highest BCUT2D eigenvalue weighted by molar-refractivity contribution is 6.12. The molecule has 0 atom stereocenters. The lowest BCUT2D eigenvalue weighted by Gasteiger charge is -2.15. The van der Waals surface area contributed by atoms with Gasteiger partial charge in [-0.2, -0.15) is 0 Å². The standard InChI is InChI=1S/C23H19N3O4/c1-29-20-10-6-5-9-19(20)26-14-18(16-7-3-4-8-17(16)23(26)28)22(27)25-15-11-12-21(30-2)24-13-15/h3-14H,1-2H3,(H,25,27). The fourth-order valence-corrected chi connectivity index (χ4v) is 3.25. The first-order valence-corrected chi connectivity index (χ1v) is 9.21. The number of rotatable bonds is 5. The Morgan fingerprint density at radius 3 is 2.37 bits per heavy atom. The summed E-state index contributed by atoms with van der Waals surface area (Å²) in [7, 11) is 3.06. The van der Waals surface area contributed by atoms with Crippen molar-refractivity contribution in [1.29, 1.82) is 0 Å². The third-order valence-electron chi connectivity index (χ3n) is 4.72. The van der Waals surface area contributed by atoms with E-state index < -0.39 is 0 Å². The fourth-order valence-electron chi connectivity index (χ4n) is 3.25. The lowest BCUT2D eigenvalue weighted by Crippen LogP contribution is -2.23. The van der Waals surface area contributed by atoms with Gasteiger partial charge >= 0.3 is 0 Å². The molecule has 7 heteroatoms. The Morgan fingerprint density at radius 1 is 0.933 bits per heavy atom. The number of hydrogen-bond acceptors (Lipinski definition) is 5. The Bertz CT molecular complexity index is 1280. The number of para-hydroxylation sites is 2. The van der Waals surface area contributed by atoms with Crippen molar-refractivity contribution in [2.24, 2.45) is 0 Å². The maximum absolute atomic E-state index is 13.2. The van der Waals surface area contributed by atoms with Crippen molar-refractivity contribution in [3.8, 4) is 17.3 Å². The number of anilines is 1. The van der Waals surface area contributed by atoms with E-state index in [-0.39, 0.29) is 11.5 Å². The van der Waals surface area contributed by atoms with Crippen LogP contribution in [0.2, 0.25) is 0 Å². The predicted molar refractivity (Wildman–Crippen MR) is 115 cm³/mol. The summed E-state index contributed by atoms with van der Waals surface area (Å²) < 4.78 is 11.9. The summed E-state index contributed by atoms with van der Waals surface area (Å²) in [5, 5.41) is 3.82. The topological polar surface area (TPSA) is 82.5 Å². The molecule has 0 aliphatic heterocycles. The normalized spacial score (nSPS) is 10.6. The average Bonchev–Trinajstić information content (AvgIpc) is 2.80. The third kappa shape index (κ3) is 3.48. The number of nitrogens with one attached hydrogen (secondary N) is 1. The first-order chi connectivity index (χ1) is 14.6. The molecule has 1 amide bonds. The quantitative estimate of drug-likeness (QED) is 0.552. The van der Waals surface area contributed by atoms with Crippen LogP contribution in [-0.4, -0.2) is 29.7 Å². The minimum atomic E-state index is -0.359. The van der Waals surface area contributed by atoms with E-state index in [1.165, 1.54) is 31.2 Å². The molecule has 2 heterocycles. The van der Waals surface area contributed by atoms with Crippen LogP contribution in [0.25, 0.3) is 16.5 Å². The van der Waals surface area contributed by atoms with Crippen molar-refractivity contribution in [3.63, 3.8) is 0 Å². The van der Waals surface area contributed by atoms with Crippen LogP contribution in [-0.2, 0) is 0 Å². The van der Waals surface area contributed by atoms with E-state index in [1.807, 2.05) is 12.1 Å². The molecule has 30 heavy (non-hydrogen) atoms. The summed E-state index contributed by atoms with van der Waals surface area (Å²) in [5.74, 6) is 0.616. The van der Waals surface area contributed by atoms with Crippen LogP contribution in [0.15, 0.2) is 77.9 Å². The number of pyridine rings is 2. The molecule has 2 aromatic heterocycles. The number of hydrogen-bond donors (Lipinski definition) is 1. The number of aromatic nitrogens is 2. The van der Waals surface area contributed by atoms with Crippen LogP contribution in [0.4, 0.5) is 5.69 Å². The lowest BCUT2D eigenvalue weighted by molar-refractivity contribution is 0.102. The van der Waals surface area contributed by atoms with Crippen LogP contribution in [0.5, 0.6) is 11.6 Å². The number of carbonyl (C=O) groups excluding carboxylic acids is 1. The molecule has 0 bridgehead atoms. The highest BCUT2D eigenvalue weighted by Crippen LogP contribution is 2.24. The maximum Gasteiger partial charge on any atom is 0.263 e. The molecule has 0 saturated heterocycles. The zero-order valence-corrected chi connectivity index (χ0v) is 16.5. The molecule has 0 unspecified atom stereocenters. The van der Waals surface area contributed by atoms with Gasteiger partial charge in [-0.25, -0.2) is 4.98 Å². The first kappa shape index (κ1) is 19.2.